The summed E-state index contributed by atoms with van der Waals surface area (Å²) < 4.78 is 5.21. The van der Waals surface area contributed by atoms with Gasteiger partial charge in [-0.15, -0.1) is 0 Å². The zero-order valence-electron chi connectivity index (χ0n) is 11.0. The van der Waals surface area contributed by atoms with Crippen LogP contribution in [-0.2, 0) is 0 Å². The SMILES string of the molecule is COc1cccc(/C(=N/C(N)=S)Nc2ccccc2)c1. The van der Waals surface area contributed by atoms with E-state index >= 15 is 0 Å². The molecule has 3 N–H and O–H groups in total. The number of benzene rings is 2. The van der Waals surface area contributed by atoms with Crippen molar-refractivity contribution in [1.29, 1.82) is 0 Å². The highest BCUT2D eigenvalue weighted by atomic mass is 32.1. The fraction of sp³-hybridized carbons (Fsp3) is 0.0667. The second-order valence-corrected chi connectivity index (χ2v) is 4.44. The maximum Gasteiger partial charge on any atom is 0.192 e. The Bertz CT molecular complexity index is 626. The highest BCUT2D eigenvalue weighted by Gasteiger charge is 2.06. The Balaban J connectivity index is 2.35. The minimum atomic E-state index is 0.0752. The molecule has 102 valence electrons. The number of hydrogen-bond acceptors (Lipinski definition) is 2. The van der Waals surface area contributed by atoms with Crippen molar-refractivity contribution in [1.82, 2.24) is 0 Å². The van der Waals surface area contributed by atoms with Crippen molar-refractivity contribution in [2.75, 3.05) is 12.4 Å². The quantitative estimate of drug-likeness (QED) is 0.517. The summed E-state index contributed by atoms with van der Waals surface area (Å²) in [5, 5.41) is 3.28. The third-order valence-corrected chi connectivity index (χ3v) is 2.69. The number of hydrogen-bond donors (Lipinski definition) is 2. The van der Waals surface area contributed by atoms with Crippen LogP contribution >= 0.6 is 12.2 Å². The molecule has 0 fully saturated rings. The number of thiocarbonyl (C=S) groups is 1. The first kappa shape index (κ1) is 14.0. The smallest absolute Gasteiger partial charge is 0.192 e. The van der Waals surface area contributed by atoms with Crippen LogP contribution in [0.5, 0.6) is 5.75 Å². The molecule has 0 radical (unpaired) electrons. The van der Waals surface area contributed by atoms with Gasteiger partial charge in [0.1, 0.15) is 11.6 Å². The van der Waals surface area contributed by atoms with Gasteiger partial charge in [0.05, 0.1) is 7.11 Å². The van der Waals surface area contributed by atoms with Gasteiger partial charge in [-0.1, -0.05) is 30.3 Å². The molecule has 2 aromatic carbocycles. The molecule has 0 aromatic heterocycles. The third-order valence-electron chi connectivity index (χ3n) is 2.60. The Morgan fingerprint density at radius 3 is 2.55 bits per heavy atom. The summed E-state index contributed by atoms with van der Waals surface area (Å²) in [6.45, 7) is 0. The van der Waals surface area contributed by atoms with E-state index in [0.717, 1.165) is 17.0 Å². The maximum atomic E-state index is 5.53. The number of nitrogens with zero attached hydrogens (tertiary/aromatic N) is 1. The van der Waals surface area contributed by atoms with E-state index in [9.17, 15) is 0 Å². The van der Waals surface area contributed by atoms with Crippen LogP contribution in [0.2, 0.25) is 0 Å². The second-order valence-electron chi connectivity index (χ2n) is 4.02. The Kier molecular flexibility index (Phi) is 4.68. The van der Waals surface area contributed by atoms with Crippen LogP contribution in [0.4, 0.5) is 5.69 Å². The van der Waals surface area contributed by atoms with Crippen molar-refractivity contribution in [3.63, 3.8) is 0 Å². The van der Waals surface area contributed by atoms with Crippen LogP contribution in [0, 0.1) is 0 Å². The van der Waals surface area contributed by atoms with Crippen molar-refractivity contribution >= 4 is 28.9 Å². The van der Waals surface area contributed by atoms with Gasteiger partial charge < -0.3 is 15.8 Å². The molecule has 0 aliphatic rings. The van der Waals surface area contributed by atoms with Gasteiger partial charge in [0.15, 0.2) is 5.11 Å². The van der Waals surface area contributed by atoms with Crippen molar-refractivity contribution < 1.29 is 4.74 Å². The van der Waals surface area contributed by atoms with Crippen molar-refractivity contribution in [2.24, 2.45) is 10.7 Å². The normalized spacial score (nSPS) is 10.9. The minimum absolute atomic E-state index is 0.0752. The predicted molar refractivity (Wildman–Crippen MR) is 86.4 cm³/mol. The molecule has 0 spiro atoms. The van der Waals surface area contributed by atoms with Crippen LogP contribution in [0.3, 0.4) is 0 Å². The number of para-hydroxylation sites is 1. The first-order chi connectivity index (χ1) is 9.69. The van der Waals surface area contributed by atoms with E-state index in [0.29, 0.717) is 5.84 Å². The lowest BCUT2D eigenvalue weighted by Gasteiger charge is -2.11. The van der Waals surface area contributed by atoms with E-state index < -0.39 is 0 Å². The van der Waals surface area contributed by atoms with Gasteiger partial charge in [0, 0.05) is 11.3 Å². The molecule has 0 aliphatic heterocycles. The molecular formula is C15H15N3OS. The molecule has 5 heteroatoms. The minimum Gasteiger partial charge on any atom is -0.497 e. The van der Waals surface area contributed by atoms with E-state index in [1.165, 1.54) is 0 Å². The fourth-order valence-corrected chi connectivity index (χ4v) is 1.79. The monoisotopic (exact) mass is 285 g/mol. The molecule has 20 heavy (non-hydrogen) atoms. The lowest BCUT2D eigenvalue weighted by Crippen LogP contribution is -2.18. The summed E-state index contributed by atoms with van der Waals surface area (Å²) in [6, 6.07) is 17.2. The Morgan fingerprint density at radius 1 is 1.15 bits per heavy atom. The topological polar surface area (TPSA) is 59.6 Å². The maximum absolute atomic E-state index is 5.53. The van der Waals surface area contributed by atoms with Crippen LogP contribution in [0.1, 0.15) is 5.56 Å². The van der Waals surface area contributed by atoms with Gasteiger partial charge in [0.25, 0.3) is 0 Å². The van der Waals surface area contributed by atoms with E-state index in [-0.39, 0.29) is 5.11 Å². The zero-order valence-corrected chi connectivity index (χ0v) is 11.9. The lowest BCUT2D eigenvalue weighted by atomic mass is 10.2. The fourth-order valence-electron chi connectivity index (χ4n) is 1.70. The highest BCUT2D eigenvalue weighted by molar-refractivity contribution is 7.80. The van der Waals surface area contributed by atoms with Crippen molar-refractivity contribution in [2.45, 2.75) is 0 Å². The Morgan fingerprint density at radius 2 is 1.90 bits per heavy atom. The van der Waals surface area contributed by atoms with Gasteiger partial charge in [0.2, 0.25) is 0 Å². The Labute approximate surface area is 123 Å². The molecule has 0 atom stereocenters. The van der Waals surface area contributed by atoms with Gasteiger partial charge >= 0.3 is 0 Å². The molecule has 2 aromatic rings. The second kappa shape index (κ2) is 6.68. The summed E-state index contributed by atoms with van der Waals surface area (Å²) in [5.74, 6) is 1.33. The number of amidine groups is 1. The van der Waals surface area contributed by atoms with Gasteiger partial charge in [-0.05, 0) is 36.5 Å². The first-order valence-corrected chi connectivity index (χ1v) is 6.44. The average molecular weight is 285 g/mol. The number of aliphatic imine (C=N–C) groups is 1. The summed E-state index contributed by atoms with van der Waals surface area (Å²) in [7, 11) is 1.62. The number of methoxy groups -OCH3 is 1. The number of rotatable bonds is 3. The van der Waals surface area contributed by atoms with Gasteiger partial charge in [-0.3, -0.25) is 0 Å². The largest absolute Gasteiger partial charge is 0.497 e. The van der Waals surface area contributed by atoms with E-state index in [4.69, 9.17) is 22.7 Å². The summed E-state index contributed by atoms with van der Waals surface area (Å²) >= 11 is 4.87. The molecule has 0 aliphatic carbocycles. The number of ether oxygens (including phenoxy) is 1. The summed E-state index contributed by atoms with van der Waals surface area (Å²) in [6.07, 6.45) is 0. The highest BCUT2D eigenvalue weighted by Crippen LogP contribution is 2.15. The zero-order chi connectivity index (χ0) is 14.4. The molecule has 0 amide bonds. The summed E-state index contributed by atoms with van der Waals surface area (Å²) in [4.78, 5) is 4.18. The number of nitrogens with one attached hydrogen (secondary N) is 1. The van der Waals surface area contributed by atoms with Crippen LogP contribution < -0.4 is 15.8 Å². The van der Waals surface area contributed by atoms with Gasteiger partial charge in [-0.25, -0.2) is 4.99 Å². The van der Waals surface area contributed by atoms with E-state index in [1.54, 1.807) is 7.11 Å². The third kappa shape index (κ3) is 3.80. The molecule has 0 bridgehead atoms. The van der Waals surface area contributed by atoms with Crippen LogP contribution in [0.15, 0.2) is 59.6 Å². The number of anilines is 1. The van der Waals surface area contributed by atoms with E-state index in [1.807, 2.05) is 54.6 Å². The van der Waals surface area contributed by atoms with Crippen LogP contribution in [-0.4, -0.2) is 18.1 Å². The molecule has 0 heterocycles. The molecule has 4 nitrogen and oxygen atoms in total. The molecular weight excluding hydrogens is 270 g/mol. The molecule has 0 saturated heterocycles. The molecule has 0 saturated carbocycles. The van der Waals surface area contributed by atoms with E-state index in [2.05, 4.69) is 10.3 Å². The first-order valence-electron chi connectivity index (χ1n) is 6.03. The molecule has 0 unspecified atom stereocenters. The predicted octanol–water partition coefficient (Wildman–Crippen LogP) is 2.80. The Hall–Kier alpha value is -2.40. The average Bonchev–Trinajstić information content (AvgIpc) is 2.47. The number of nitrogens with two attached hydrogens (primary N) is 1. The summed E-state index contributed by atoms with van der Waals surface area (Å²) in [5.41, 5.74) is 7.28. The van der Waals surface area contributed by atoms with Crippen molar-refractivity contribution in [3.8, 4) is 5.75 Å². The lowest BCUT2D eigenvalue weighted by molar-refractivity contribution is 0.414. The van der Waals surface area contributed by atoms with Gasteiger partial charge in [-0.2, -0.15) is 0 Å². The van der Waals surface area contributed by atoms with Crippen LogP contribution in [0.25, 0.3) is 0 Å². The standard InChI is InChI=1S/C15H15N3OS/c1-19-13-9-5-6-11(10-13)14(18-15(16)20)17-12-7-3-2-4-8-12/h2-10H,1H3,(H3,16,17,18,20). The van der Waals surface area contributed by atoms with Crippen molar-refractivity contribution in [3.05, 3.63) is 60.2 Å². The molecule has 2 rings (SSSR count).